The summed E-state index contributed by atoms with van der Waals surface area (Å²) >= 11 is 7.70. The van der Waals surface area contributed by atoms with Gasteiger partial charge in [-0.05, 0) is 43.7 Å². The second kappa shape index (κ2) is 7.34. The Kier molecular flexibility index (Phi) is 6.37. The molecule has 3 N–H and O–H groups in total. The Morgan fingerprint density at radius 1 is 1.50 bits per heavy atom. The second-order valence-corrected chi connectivity index (χ2v) is 6.95. The molecule has 0 aliphatic carbocycles. The lowest BCUT2D eigenvalue weighted by molar-refractivity contribution is 0.0898. The van der Waals surface area contributed by atoms with Crippen molar-refractivity contribution in [2.24, 2.45) is 11.7 Å². The van der Waals surface area contributed by atoms with Gasteiger partial charge in [0.25, 0.3) is 5.91 Å². The number of thioether (sulfide) groups is 1. The van der Waals surface area contributed by atoms with E-state index < -0.39 is 5.54 Å². The molecule has 0 aliphatic heterocycles. The van der Waals surface area contributed by atoms with Crippen molar-refractivity contribution in [3.8, 4) is 0 Å². The lowest BCUT2D eigenvalue weighted by Gasteiger charge is -2.31. The van der Waals surface area contributed by atoms with Crippen LogP contribution in [0.2, 0.25) is 5.02 Å². The van der Waals surface area contributed by atoms with Crippen LogP contribution in [0.15, 0.2) is 23.1 Å². The molecule has 1 amide bonds. The highest BCUT2D eigenvalue weighted by molar-refractivity contribution is 7.98. The first-order chi connectivity index (χ1) is 9.31. The molecule has 0 spiro atoms. The summed E-state index contributed by atoms with van der Waals surface area (Å²) < 4.78 is 0. The topological polar surface area (TPSA) is 55.1 Å². The van der Waals surface area contributed by atoms with Gasteiger partial charge >= 0.3 is 0 Å². The molecule has 0 radical (unpaired) electrons. The van der Waals surface area contributed by atoms with Gasteiger partial charge in [0.2, 0.25) is 0 Å². The second-order valence-electron chi connectivity index (χ2n) is 5.66. The third kappa shape index (κ3) is 4.69. The average Bonchev–Trinajstić information content (AvgIpc) is 2.38. The SMILES string of the molecule is CSc1ccc(Cl)c(C(=O)NC(C)(CN)CC(C)C)c1. The summed E-state index contributed by atoms with van der Waals surface area (Å²) in [6.45, 7) is 6.59. The van der Waals surface area contributed by atoms with Gasteiger partial charge in [-0.2, -0.15) is 0 Å². The first-order valence-electron chi connectivity index (χ1n) is 6.67. The Labute approximate surface area is 130 Å². The molecule has 1 aromatic rings. The van der Waals surface area contributed by atoms with E-state index in [2.05, 4.69) is 19.2 Å². The van der Waals surface area contributed by atoms with Crippen molar-refractivity contribution in [1.82, 2.24) is 5.32 Å². The van der Waals surface area contributed by atoms with Crippen LogP contribution in [0, 0.1) is 5.92 Å². The largest absolute Gasteiger partial charge is 0.346 e. The van der Waals surface area contributed by atoms with Crippen LogP contribution >= 0.6 is 23.4 Å². The predicted molar refractivity (Wildman–Crippen MR) is 87.6 cm³/mol. The monoisotopic (exact) mass is 314 g/mol. The van der Waals surface area contributed by atoms with Crippen LogP contribution in [0.4, 0.5) is 0 Å². The number of rotatable bonds is 6. The molecule has 1 atom stereocenters. The molecule has 0 saturated carbocycles. The lowest BCUT2D eigenvalue weighted by Crippen LogP contribution is -2.52. The van der Waals surface area contributed by atoms with Crippen molar-refractivity contribution in [3.63, 3.8) is 0 Å². The van der Waals surface area contributed by atoms with Crippen LogP contribution < -0.4 is 11.1 Å². The van der Waals surface area contributed by atoms with Crippen molar-refractivity contribution >= 4 is 29.3 Å². The number of nitrogens with two attached hydrogens (primary N) is 1. The fourth-order valence-corrected chi connectivity index (χ4v) is 2.88. The van der Waals surface area contributed by atoms with Gasteiger partial charge in [0.1, 0.15) is 0 Å². The van der Waals surface area contributed by atoms with Gasteiger partial charge in [-0.15, -0.1) is 11.8 Å². The van der Waals surface area contributed by atoms with Crippen molar-refractivity contribution in [3.05, 3.63) is 28.8 Å². The summed E-state index contributed by atoms with van der Waals surface area (Å²) in [6, 6.07) is 5.47. The number of carbonyl (C=O) groups excluding carboxylic acids is 1. The standard InChI is InChI=1S/C15H23ClN2OS/c1-10(2)8-15(3,9-17)18-14(19)12-7-11(20-4)5-6-13(12)16/h5-7,10H,8-9,17H2,1-4H3,(H,18,19). The molecule has 0 fully saturated rings. The summed E-state index contributed by atoms with van der Waals surface area (Å²) in [4.78, 5) is 13.4. The molecule has 20 heavy (non-hydrogen) atoms. The van der Waals surface area contributed by atoms with E-state index >= 15 is 0 Å². The van der Waals surface area contributed by atoms with Gasteiger partial charge in [0, 0.05) is 17.0 Å². The van der Waals surface area contributed by atoms with E-state index in [1.807, 2.05) is 25.3 Å². The molecule has 1 unspecified atom stereocenters. The summed E-state index contributed by atoms with van der Waals surface area (Å²) in [7, 11) is 0. The van der Waals surface area contributed by atoms with E-state index in [0.29, 0.717) is 23.0 Å². The van der Waals surface area contributed by atoms with E-state index in [-0.39, 0.29) is 5.91 Å². The third-order valence-corrected chi connectivity index (χ3v) is 4.20. The summed E-state index contributed by atoms with van der Waals surface area (Å²) in [5, 5.41) is 3.49. The van der Waals surface area contributed by atoms with E-state index in [4.69, 9.17) is 17.3 Å². The quantitative estimate of drug-likeness (QED) is 0.789. The highest BCUT2D eigenvalue weighted by Crippen LogP contribution is 2.24. The van der Waals surface area contributed by atoms with Crippen LogP contribution in [0.3, 0.4) is 0 Å². The van der Waals surface area contributed by atoms with Gasteiger partial charge in [0.15, 0.2) is 0 Å². The van der Waals surface area contributed by atoms with Crippen molar-refractivity contribution in [1.29, 1.82) is 0 Å². The molecule has 0 aliphatic rings. The Morgan fingerprint density at radius 3 is 2.65 bits per heavy atom. The molecule has 112 valence electrons. The summed E-state index contributed by atoms with van der Waals surface area (Å²) in [5.41, 5.74) is 5.91. The minimum Gasteiger partial charge on any atom is -0.346 e. The van der Waals surface area contributed by atoms with Gasteiger partial charge in [-0.25, -0.2) is 0 Å². The number of benzene rings is 1. The zero-order valence-corrected chi connectivity index (χ0v) is 14.1. The Morgan fingerprint density at radius 2 is 2.15 bits per heavy atom. The van der Waals surface area contributed by atoms with E-state index in [9.17, 15) is 4.79 Å². The molecule has 0 aromatic heterocycles. The van der Waals surface area contributed by atoms with Crippen LogP contribution in [-0.2, 0) is 0 Å². The van der Waals surface area contributed by atoms with Gasteiger partial charge in [-0.3, -0.25) is 4.79 Å². The Balaban J connectivity index is 2.94. The number of halogens is 1. The number of carbonyl (C=O) groups is 1. The number of nitrogens with one attached hydrogen (secondary N) is 1. The molecule has 1 rings (SSSR count). The number of hydrogen-bond acceptors (Lipinski definition) is 3. The van der Waals surface area contributed by atoms with Crippen molar-refractivity contribution < 1.29 is 4.79 Å². The zero-order valence-electron chi connectivity index (χ0n) is 12.5. The molecule has 1 aromatic carbocycles. The smallest absolute Gasteiger partial charge is 0.253 e. The fourth-order valence-electron chi connectivity index (χ4n) is 2.23. The van der Waals surface area contributed by atoms with Gasteiger partial charge < -0.3 is 11.1 Å². The van der Waals surface area contributed by atoms with E-state index in [0.717, 1.165) is 11.3 Å². The van der Waals surface area contributed by atoms with Gasteiger partial charge in [0.05, 0.1) is 10.6 Å². The van der Waals surface area contributed by atoms with Crippen molar-refractivity contribution in [2.45, 2.75) is 37.6 Å². The highest BCUT2D eigenvalue weighted by Gasteiger charge is 2.27. The summed E-state index contributed by atoms with van der Waals surface area (Å²) in [6.07, 6.45) is 2.79. The Bertz CT molecular complexity index is 479. The molecule has 0 saturated heterocycles. The van der Waals surface area contributed by atoms with Crippen LogP contribution in [0.1, 0.15) is 37.6 Å². The number of amides is 1. The molecule has 3 nitrogen and oxygen atoms in total. The number of hydrogen-bond donors (Lipinski definition) is 2. The predicted octanol–water partition coefficient (Wildman–Crippen LogP) is 3.56. The third-order valence-electron chi connectivity index (χ3n) is 3.14. The average molecular weight is 315 g/mol. The molecule has 0 heterocycles. The van der Waals surface area contributed by atoms with Crippen LogP contribution in [0.25, 0.3) is 0 Å². The first kappa shape index (κ1) is 17.3. The first-order valence-corrected chi connectivity index (χ1v) is 8.27. The minimum atomic E-state index is -0.413. The van der Waals surface area contributed by atoms with Crippen molar-refractivity contribution in [2.75, 3.05) is 12.8 Å². The molecular weight excluding hydrogens is 292 g/mol. The molecule has 5 heteroatoms. The molecular formula is C15H23ClN2OS. The minimum absolute atomic E-state index is 0.167. The maximum Gasteiger partial charge on any atom is 0.253 e. The van der Waals surface area contributed by atoms with E-state index in [1.54, 1.807) is 17.8 Å². The van der Waals surface area contributed by atoms with Gasteiger partial charge in [-0.1, -0.05) is 25.4 Å². The van der Waals surface area contributed by atoms with Crippen LogP contribution in [-0.4, -0.2) is 24.2 Å². The normalized spacial score (nSPS) is 14.2. The maximum absolute atomic E-state index is 12.4. The fraction of sp³-hybridized carbons (Fsp3) is 0.533. The zero-order chi connectivity index (χ0) is 15.3. The lowest BCUT2D eigenvalue weighted by atomic mass is 9.90. The maximum atomic E-state index is 12.4. The van der Waals surface area contributed by atoms with E-state index in [1.165, 1.54) is 0 Å². The summed E-state index contributed by atoms with van der Waals surface area (Å²) in [5.74, 6) is 0.288. The molecule has 0 bridgehead atoms. The van der Waals surface area contributed by atoms with Crippen LogP contribution in [0.5, 0.6) is 0 Å². The highest BCUT2D eigenvalue weighted by atomic mass is 35.5. The Hall–Kier alpha value is -0.710.